The molecular weight excluding hydrogens is 1750 g/mol. The number of Topliss-reactive ketones (excluding diaryl/α,β-unsaturated/α-hetero) is 2. The molecule has 0 unspecified atom stereocenters. The van der Waals surface area contributed by atoms with Crippen LogP contribution in [0.5, 0.6) is 5.75 Å². The minimum atomic E-state index is -0.918. The molecule has 0 aliphatic carbocycles. The molecule has 0 atom stereocenters. The zero-order valence-corrected chi connectivity index (χ0v) is 86.0. The Hall–Kier alpha value is -8.25. The number of hydroxylamine groups is 6. The van der Waals surface area contributed by atoms with Crippen molar-refractivity contribution in [3.63, 3.8) is 0 Å². The average molecular weight is 1920 g/mol. The van der Waals surface area contributed by atoms with Crippen molar-refractivity contribution in [3.8, 4) is 5.75 Å². The van der Waals surface area contributed by atoms with Crippen LogP contribution in [0.2, 0.25) is 0 Å². The van der Waals surface area contributed by atoms with Crippen LogP contribution >= 0.6 is 34.8 Å². The van der Waals surface area contributed by atoms with Crippen molar-refractivity contribution < 1.29 is 131 Å². The van der Waals surface area contributed by atoms with Gasteiger partial charge in [-0.2, -0.15) is 0 Å². The van der Waals surface area contributed by atoms with Gasteiger partial charge in [0.1, 0.15) is 19.0 Å². The fourth-order valence-corrected chi connectivity index (χ4v) is 8.19. The van der Waals surface area contributed by atoms with Crippen LogP contribution in [0.15, 0.2) is 48.5 Å². The van der Waals surface area contributed by atoms with E-state index in [1.807, 2.05) is 147 Å². The van der Waals surface area contributed by atoms with E-state index >= 15 is 0 Å². The van der Waals surface area contributed by atoms with E-state index in [1.54, 1.807) is 77.6 Å². The number of rotatable bonds is 37. The molecular formula is C94H163Cl3N6O27. The quantitative estimate of drug-likeness (QED) is 0.0181. The number of amides is 6. The summed E-state index contributed by atoms with van der Waals surface area (Å²) in [5, 5.41) is 42.3. The van der Waals surface area contributed by atoms with Crippen LogP contribution < -0.4 is 4.74 Å². The van der Waals surface area contributed by atoms with Gasteiger partial charge in [-0.1, -0.05) is 107 Å². The van der Waals surface area contributed by atoms with Gasteiger partial charge >= 0.3 is 35.8 Å². The Labute approximate surface area is 790 Å². The van der Waals surface area contributed by atoms with Gasteiger partial charge in [-0.25, -0.2) is 19.2 Å². The molecule has 3 aliphatic heterocycles. The molecule has 752 valence electrons. The minimum absolute atomic E-state index is 0.00565. The molecule has 3 aliphatic rings. The number of carbonyl (C=O) groups excluding carboxylic acids is 13. The zero-order chi connectivity index (χ0) is 103. The number of hydrogen-bond donors (Lipinski definition) is 5. The molecule has 5 rings (SSSR count). The number of ether oxygens (including phenoxy) is 3. The Kier molecular flexibility index (Phi) is 87.2. The maximum absolute atomic E-state index is 11.4. The van der Waals surface area contributed by atoms with Gasteiger partial charge in [-0.15, -0.1) is 26.8 Å². The Balaban J connectivity index is -0.000000210. The van der Waals surface area contributed by atoms with Gasteiger partial charge in [0.2, 0.25) is 10.5 Å². The largest absolute Gasteiger partial charge is 0.491 e. The predicted molar refractivity (Wildman–Crippen MR) is 505 cm³/mol. The number of likely N-dealkylation sites (N-methyl/N-ethyl adjacent to an activating group) is 3. The van der Waals surface area contributed by atoms with Crippen molar-refractivity contribution in [2.45, 2.75) is 332 Å². The van der Waals surface area contributed by atoms with E-state index < -0.39 is 71.3 Å². The summed E-state index contributed by atoms with van der Waals surface area (Å²) in [6.07, 6.45) is 7.43. The lowest BCUT2D eigenvalue weighted by atomic mass is 10.0. The van der Waals surface area contributed by atoms with Crippen molar-refractivity contribution in [2.75, 3.05) is 67.2 Å². The second-order valence-electron chi connectivity index (χ2n) is 34.5. The molecule has 3 saturated heterocycles. The monoisotopic (exact) mass is 1910 g/mol. The summed E-state index contributed by atoms with van der Waals surface area (Å²) in [6, 6.07) is 16.0. The van der Waals surface area contributed by atoms with E-state index in [0.29, 0.717) is 101 Å². The number of ketones is 2. The Bertz CT molecular complexity index is 3310. The number of aliphatic carboxylic acids is 3. The van der Waals surface area contributed by atoms with Gasteiger partial charge < -0.3 is 54.3 Å². The second-order valence-corrected chi connectivity index (χ2v) is 36.2. The van der Waals surface area contributed by atoms with Gasteiger partial charge in [-0.05, 0) is 259 Å². The van der Waals surface area contributed by atoms with E-state index in [1.165, 1.54) is 12.0 Å². The van der Waals surface area contributed by atoms with Crippen LogP contribution in [0.25, 0.3) is 0 Å². The normalized spacial score (nSPS) is 12.4. The number of carboxylic acids is 3. The van der Waals surface area contributed by atoms with Crippen LogP contribution in [-0.4, -0.2) is 258 Å². The number of carbonyl (C=O) groups is 16. The third kappa shape index (κ3) is 94.4. The van der Waals surface area contributed by atoms with Crippen molar-refractivity contribution in [2.24, 2.45) is 35.5 Å². The summed E-state index contributed by atoms with van der Waals surface area (Å²) in [6.45, 7) is 55.3. The lowest BCUT2D eigenvalue weighted by Gasteiger charge is -2.20. The lowest BCUT2D eigenvalue weighted by molar-refractivity contribution is -0.201. The van der Waals surface area contributed by atoms with Crippen molar-refractivity contribution in [3.05, 3.63) is 65.2 Å². The van der Waals surface area contributed by atoms with Crippen LogP contribution in [0.1, 0.15) is 310 Å². The number of halogens is 3. The highest BCUT2D eigenvalue weighted by Gasteiger charge is 2.35. The first kappa shape index (κ1) is 137. The average Bonchev–Trinajstić information content (AvgIpc) is 1.74. The maximum Gasteiger partial charge on any atom is 0.358 e. The van der Waals surface area contributed by atoms with Gasteiger partial charge in [0, 0.05) is 106 Å². The summed E-state index contributed by atoms with van der Waals surface area (Å²) < 4.78 is 15.1. The van der Waals surface area contributed by atoms with E-state index in [2.05, 4.69) is 63.4 Å². The Morgan fingerprint density at radius 1 is 0.369 bits per heavy atom. The molecule has 6 amide bonds. The molecule has 0 aromatic heterocycles. The first-order valence-electron chi connectivity index (χ1n) is 44.1. The van der Waals surface area contributed by atoms with Crippen molar-refractivity contribution in [1.29, 1.82) is 0 Å². The van der Waals surface area contributed by atoms with Crippen LogP contribution in [0.3, 0.4) is 0 Å². The fourth-order valence-electron chi connectivity index (χ4n) is 7.89. The first-order chi connectivity index (χ1) is 59.8. The summed E-state index contributed by atoms with van der Waals surface area (Å²) in [5.41, 5.74) is 2.85. The number of nitrogens with zero attached hydrogens (tertiary/aromatic N) is 6. The second kappa shape index (κ2) is 82.6. The lowest BCUT2D eigenvalue weighted by Crippen LogP contribution is -2.38. The molecule has 33 nitrogen and oxygen atoms in total. The minimum Gasteiger partial charge on any atom is -0.491 e. The van der Waals surface area contributed by atoms with Gasteiger partial charge in [0.15, 0.2) is 11.6 Å². The topological polar surface area (TPSA) is 449 Å². The first-order valence-corrected chi connectivity index (χ1v) is 45.3. The van der Waals surface area contributed by atoms with Crippen LogP contribution in [-0.2, 0) is 97.5 Å². The summed E-state index contributed by atoms with van der Waals surface area (Å²) >= 11 is 15.5. The highest BCUT2D eigenvalue weighted by atomic mass is 35.5. The SMILES string of the molecule is CC(=O)c1ccc(CCC(C)C)cc1.CC(=O)c1ccc(OC(C)C)cc1.CC(C)CCC(=O)Cl.CC(C)CCC(=O)O.CC(C)CCC(=O)ON1C(=O)CCC1=O.CC(C)CCO.CC(C)CO.CC(C)Cl.CC(C)N(C)CC(=O)Cl.CC(C)N(C)CC(=O)O.CC(C)N(C)CC(=O)ON1C(=O)CCC1=O.CC(C)OCC(=O)O.CC(C)OCC(=O)ON1C(=O)CCC1=O. The summed E-state index contributed by atoms with van der Waals surface area (Å²) in [4.78, 5) is 192. The molecule has 0 saturated carbocycles. The molecule has 130 heavy (non-hydrogen) atoms. The molecule has 0 bridgehead atoms. The zero-order valence-electron chi connectivity index (χ0n) is 83.7. The van der Waals surface area contributed by atoms with Crippen molar-refractivity contribution in [1.82, 2.24) is 29.9 Å². The number of alkyl halides is 1. The standard InChI is InChI=1S/C13H18O.C11H14O2.C10H16N2O4.C10H15NO4.C9H13NO5.C6H12ClNO.C6H11ClO.C6H13NO2.C6H12O2.C5H10O3.C5H12O.C4H10O.C3H7Cl/c1-10(2)4-5-12-6-8-13(9-7-12)11(3)14;1-8(2)13-11-6-4-10(5-7-11)9(3)12;1-7(2)11(3)6-10(15)16-12-8(13)4-5-9(12)14;1-7(2)3-6-10(14)15-11-8(12)4-5-9(11)13;1-6(2)14-5-9(13)15-10-7(11)3-4-8(10)12;1-5(2)8(3)4-6(7)9;1-5(2)3-4-6(7)8;1-5(2)7(3)4-6(8)9;1-5(2)3-4-6(7)8;1-4(2)8-3-5(6)7;1-5(2)3-4-6;1-4(2)3-5;1-3(2)4/h6-10H,4-5H2,1-3H3;4-8H,1-3H3;7H,4-6H2,1-3H3;7H,3-6H2,1-2H3;6H,3-5H2,1-2H3;5H,4H2,1-3H3;5H,3-4H2,1-2H3;5H,4H2,1-3H3,(H,8,9);5H,3-4H2,1-2H3,(H,7,8);4H,3H2,1-2H3,(H,6,7);5-6H,3-4H2,1-2H3;4-5H,3H2,1-2H3;3H,1-2H3. The van der Waals surface area contributed by atoms with Gasteiger partial charge in [0.25, 0.3) is 35.4 Å². The number of aryl methyl sites for hydroxylation is 1. The van der Waals surface area contributed by atoms with E-state index in [-0.39, 0.29) is 118 Å². The Morgan fingerprint density at radius 2 is 0.677 bits per heavy atom. The fraction of sp³-hybridized carbons (Fsp3) is 0.702. The molecule has 3 heterocycles. The van der Waals surface area contributed by atoms with E-state index in [9.17, 15) is 76.7 Å². The maximum atomic E-state index is 11.4. The highest BCUT2D eigenvalue weighted by molar-refractivity contribution is 6.64. The smallest absolute Gasteiger partial charge is 0.358 e. The molecule has 2 aromatic carbocycles. The van der Waals surface area contributed by atoms with Gasteiger partial charge in [0.05, 0.1) is 37.9 Å². The number of benzene rings is 2. The number of imide groups is 3. The predicted octanol–water partition coefficient (Wildman–Crippen LogP) is 16.1. The third-order valence-corrected chi connectivity index (χ3v) is 16.6. The number of aliphatic hydroxyl groups excluding tert-OH is 2. The van der Waals surface area contributed by atoms with E-state index in [4.69, 9.17) is 79.4 Å². The number of hydrogen-bond acceptors (Lipinski definition) is 27. The molecule has 0 radical (unpaired) electrons. The third-order valence-electron chi connectivity index (χ3n) is 16.3. The highest BCUT2D eigenvalue weighted by Crippen LogP contribution is 2.18. The van der Waals surface area contributed by atoms with Gasteiger partial charge in [-0.3, -0.25) is 72.2 Å². The molecule has 0 spiro atoms. The molecule has 5 N–H and O–H groups in total. The Morgan fingerprint density at radius 3 is 0.908 bits per heavy atom. The van der Waals surface area contributed by atoms with Crippen molar-refractivity contribution >= 4 is 128 Å². The molecule has 2 aromatic rings. The number of aliphatic hydroxyl groups is 2. The number of carboxylic acid groups (broad SMARTS) is 3. The van der Waals surface area contributed by atoms with Crippen LogP contribution in [0.4, 0.5) is 0 Å². The summed E-state index contributed by atoms with van der Waals surface area (Å²) in [7, 11) is 5.42. The summed E-state index contributed by atoms with van der Waals surface area (Å²) in [5.74, 6) is -2.67. The molecule has 3 fully saturated rings. The van der Waals surface area contributed by atoms with Crippen LogP contribution in [0, 0.1) is 35.5 Å². The molecule has 36 heteroatoms. The van der Waals surface area contributed by atoms with E-state index in [0.717, 1.165) is 48.5 Å².